The van der Waals surface area contributed by atoms with Gasteiger partial charge in [0, 0.05) is 13.0 Å². The molecule has 13 nitrogen and oxygen atoms in total. The van der Waals surface area contributed by atoms with Crippen molar-refractivity contribution in [3.05, 3.63) is 71.8 Å². The van der Waals surface area contributed by atoms with E-state index < -0.39 is 41.9 Å². The molecule has 3 atom stereocenters. The molecular weight excluding hydrogens is 614 g/mol. The highest BCUT2D eigenvalue weighted by Gasteiger charge is 2.36. The average molecular weight is 662 g/mol. The van der Waals surface area contributed by atoms with E-state index in [2.05, 4.69) is 5.32 Å². The Balaban J connectivity index is 1.58. The molecule has 0 radical (unpaired) electrons. The first-order valence-corrected chi connectivity index (χ1v) is 15.5. The van der Waals surface area contributed by atoms with E-state index in [-0.39, 0.29) is 38.8 Å². The number of carbonyl (C=O) groups is 4. The molecule has 0 aliphatic rings. The average Bonchev–Trinajstić information content (AvgIpc) is 3.03. The number of ether oxygens (including phenoxy) is 7. The molecule has 0 spiro atoms. The van der Waals surface area contributed by atoms with Crippen molar-refractivity contribution in [3.63, 3.8) is 0 Å². The summed E-state index contributed by atoms with van der Waals surface area (Å²) in [6.07, 6.45) is -2.88. The molecule has 0 aromatic heterocycles. The van der Waals surface area contributed by atoms with Crippen LogP contribution in [0.1, 0.15) is 57.7 Å². The van der Waals surface area contributed by atoms with Gasteiger partial charge in [0.1, 0.15) is 18.2 Å². The van der Waals surface area contributed by atoms with Crippen molar-refractivity contribution in [2.45, 2.75) is 71.0 Å². The lowest BCUT2D eigenvalue weighted by Gasteiger charge is -2.28. The van der Waals surface area contributed by atoms with E-state index >= 15 is 0 Å². The van der Waals surface area contributed by atoms with Gasteiger partial charge < -0.3 is 43.6 Å². The number of hydrogen-bond acceptors (Lipinski definition) is 11. The van der Waals surface area contributed by atoms with E-state index in [9.17, 15) is 24.3 Å². The van der Waals surface area contributed by atoms with E-state index in [1.807, 2.05) is 30.3 Å². The molecule has 0 fully saturated rings. The second-order valence-corrected chi connectivity index (χ2v) is 11.3. The van der Waals surface area contributed by atoms with Crippen LogP contribution in [0.3, 0.4) is 0 Å². The number of hydrogen-bond donors (Lipinski definition) is 2. The SMILES string of the molecule is CC(OCCOCCOCCOCCCC(=O)OCc1ccccc1)C(=O)O[C@@H](C(=O)O)[C@@H](NC(=O)OC(C)(C)C)c1ccccc1. The second-order valence-electron chi connectivity index (χ2n) is 11.3. The summed E-state index contributed by atoms with van der Waals surface area (Å²) < 4.78 is 37.6. The third-order valence-electron chi connectivity index (χ3n) is 6.20. The van der Waals surface area contributed by atoms with Crippen LogP contribution in [-0.2, 0) is 54.1 Å². The maximum absolute atomic E-state index is 12.7. The molecule has 2 aromatic rings. The number of aliphatic carboxylic acids is 1. The molecule has 2 N–H and O–H groups in total. The Morgan fingerprint density at radius 1 is 0.787 bits per heavy atom. The van der Waals surface area contributed by atoms with Gasteiger partial charge in [-0.2, -0.15) is 0 Å². The quantitative estimate of drug-likeness (QED) is 0.105. The molecule has 2 aromatic carbocycles. The van der Waals surface area contributed by atoms with Crippen LogP contribution >= 0.6 is 0 Å². The molecule has 1 unspecified atom stereocenters. The highest BCUT2D eigenvalue weighted by molar-refractivity contribution is 5.82. The fourth-order valence-electron chi connectivity index (χ4n) is 3.93. The van der Waals surface area contributed by atoms with Gasteiger partial charge in [-0.25, -0.2) is 14.4 Å². The van der Waals surface area contributed by atoms with Crippen LogP contribution in [-0.4, -0.2) is 93.2 Å². The van der Waals surface area contributed by atoms with Gasteiger partial charge in [0.05, 0.1) is 39.6 Å². The van der Waals surface area contributed by atoms with Gasteiger partial charge in [0.15, 0.2) is 6.10 Å². The van der Waals surface area contributed by atoms with Crippen LogP contribution in [0.4, 0.5) is 4.79 Å². The van der Waals surface area contributed by atoms with Gasteiger partial charge in [-0.3, -0.25) is 4.79 Å². The van der Waals surface area contributed by atoms with Gasteiger partial charge >= 0.3 is 24.0 Å². The first-order valence-electron chi connectivity index (χ1n) is 15.5. The summed E-state index contributed by atoms with van der Waals surface area (Å²) in [6, 6.07) is 16.5. The number of esters is 2. The summed E-state index contributed by atoms with van der Waals surface area (Å²) >= 11 is 0. The number of amides is 1. The largest absolute Gasteiger partial charge is 0.478 e. The normalized spacial score (nSPS) is 13.2. The Bertz CT molecular complexity index is 1200. The van der Waals surface area contributed by atoms with E-state index in [0.717, 1.165) is 5.56 Å². The molecule has 0 heterocycles. The summed E-state index contributed by atoms with van der Waals surface area (Å²) in [5.74, 6) is -2.64. The zero-order chi connectivity index (χ0) is 34.5. The van der Waals surface area contributed by atoms with Crippen molar-refractivity contribution in [1.82, 2.24) is 5.32 Å². The minimum atomic E-state index is -1.75. The van der Waals surface area contributed by atoms with Crippen molar-refractivity contribution >= 4 is 24.0 Å². The van der Waals surface area contributed by atoms with Crippen LogP contribution in [0.2, 0.25) is 0 Å². The number of benzene rings is 2. The third-order valence-corrected chi connectivity index (χ3v) is 6.20. The monoisotopic (exact) mass is 661 g/mol. The zero-order valence-corrected chi connectivity index (χ0v) is 27.5. The molecule has 0 aliphatic heterocycles. The summed E-state index contributed by atoms with van der Waals surface area (Å²) in [4.78, 5) is 49.1. The Kier molecular flexibility index (Phi) is 18.1. The number of carboxylic acid groups (broad SMARTS) is 1. The van der Waals surface area contributed by atoms with Crippen LogP contribution in [0, 0.1) is 0 Å². The van der Waals surface area contributed by atoms with Gasteiger partial charge in [-0.1, -0.05) is 60.7 Å². The van der Waals surface area contributed by atoms with Crippen LogP contribution < -0.4 is 5.32 Å². The van der Waals surface area contributed by atoms with Gasteiger partial charge in [0.25, 0.3) is 0 Å². The van der Waals surface area contributed by atoms with E-state index in [1.165, 1.54) is 6.92 Å². The maximum Gasteiger partial charge on any atom is 0.408 e. The molecule has 2 rings (SSSR count). The van der Waals surface area contributed by atoms with Crippen LogP contribution in [0.15, 0.2) is 60.7 Å². The Labute approximate surface area is 275 Å². The Morgan fingerprint density at radius 2 is 1.34 bits per heavy atom. The topological polar surface area (TPSA) is 165 Å². The molecular formula is C34H47NO12. The molecule has 0 saturated carbocycles. The Morgan fingerprint density at radius 3 is 1.91 bits per heavy atom. The number of alkyl carbamates (subject to hydrolysis) is 1. The molecule has 0 saturated heterocycles. The highest BCUT2D eigenvalue weighted by atomic mass is 16.6. The van der Waals surface area contributed by atoms with Crippen LogP contribution in [0.25, 0.3) is 0 Å². The molecule has 13 heteroatoms. The molecule has 1 amide bonds. The highest BCUT2D eigenvalue weighted by Crippen LogP contribution is 2.22. The smallest absolute Gasteiger partial charge is 0.408 e. The van der Waals surface area contributed by atoms with Gasteiger partial charge in [-0.05, 0) is 45.2 Å². The van der Waals surface area contributed by atoms with E-state index in [1.54, 1.807) is 51.1 Å². The third kappa shape index (κ3) is 17.5. The summed E-state index contributed by atoms with van der Waals surface area (Å²) in [5.41, 5.74) is 0.525. The van der Waals surface area contributed by atoms with Crippen molar-refractivity contribution in [2.75, 3.05) is 46.2 Å². The molecule has 260 valence electrons. The van der Waals surface area contributed by atoms with Crippen LogP contribution in [0.5, 0.6) is 0 Å². The van der Waals surface area contributed by atoms with Crippen molar-refractivity contribution in [3.8, 4) is 0 Å². The van der Waals surface area contributed by atoms with Gasteiger partial charge in [-0.15, -0.1) is 0 Å². The summed E-state index contributed by atoms with van der Waals surface area (Å²) in [5, 5.41) is 12.4. The van der Waals surface area contributed by atoms with Crippen molar-refractivity contribution in [2.24, 2.45) is 0 Å². The first kappa shape index (κ1) is 39.1. The lowest BCUT2D eigenvalue weighted by atomic mass is 10.0. The predicted octanol–water partition coefficient (Wildman–Crippen LogP) is 4.23. The fourth-order valence-corrected chi connectivity index (χ4v) is 3.93. The number of carboxylic acids is 1. The minimum Gasteiger partial charge on any atom is -0.478 e. The number of nitrogens with one attached hydrogen (secondary N) is 1. The zero-order valence-electron chi connectivity index (χ0n) is 27.5. The lowest BCUT2D eigenvalue weighted by molar-refractivity contribution is -0.174. The first-order chi connectivity index (χ1) is 22.5. The standard InChI is InChI=1S/C34H47NO12/c1-25(32(39)46-30(31(37)38)29(27-14-9-6-10-15-27)35-33(40)47-34(2,3)4)44-23-22-43-21-20-42-19-18-41-17-11-16-28(36)45-24-26-12-7-5-8-13-26/h5-10,12-15,25,29-30H,11,16-24H2,1-4H3,(H,35,40)(H,37,38)/t25?,29-,30+/m0/s1. The van der Waals surface area contributed by atoms with Gasteiger partial charge in [0.2, 0.25) is 6.10 Å². The maximum atomic E-state index is 12.7. The predicted molar refractivity (Wildman–Crippen MR) is 169 cm³/mol. The summed E-state index contributed by atoms with van der Waals surface area (Å²) in [6.45, 7) is 8.65. The number of carbonyl (C=O) groups excluding carboxylic acids is 3. The molecule has 0 aliphatic carbocycles. The van der Waals surface area contributed by atoms with Crippen molar-refractivity contribution < 1.29 is 57.4 Å². The minimum absolute atomic E-state index is 0.0448. The molecule has 0 bridgehead atoms. The lowest BCUT2D eigenvalue weighted by Crippen LogP contribution is -2.45. The molecule has 47 heavy (non-hydrogen) atoms. The van der Waals surface area contributed by atoms with E-state index in [4.69, 9.17) is 33.2 Å². The summed E-state index contributed by atoms with van der Waals surface area (Å²) in [7, 11) is 0. The Hall–Kier alpha value is -4.04. The second kappa shape index (κ2) is 21.7. The van der Waals surface area contributed by atoms with E-state index in [0.29, 0.717) is 38.4 Å². The fraction of sp³-hybridized carbons (Fsp3) is 0.529. The number of rotatable bonds is 22. The van der Waals surface area contributed by atoms with Crippen molar-refractivity contribution in [1.29, 1.82) is 0 Å².